The SMILES string of the molecule is COCCOCC(=O)OF.N. The van der Waals surface area contributed by atoms with Crippen LogP contribution < -0.4 is 6.15 Å². The average molecular weight is 169 g/mol. The van der Waals surface area contributed by atoms with Crippen molar-refractivity contribution in [2.75, 3.05) is 26.9 Å². The molecule has 0 unspecified atom stereocenters. The second-order valence-electron chi connectivity index (χ2n) is 1.49. The van der Waals surface area contributed by atoms with E-state index in [2.05, 4.69) is 14.4 Å². The molecule has 0 aromatic carbocycles. The molecule has 68 valence electrons. The molecule has 0 saturated heterocycles. The minimum Gasteiger partial charge on any atom is -0.382 e. The van der Waals surface area contributed by atoms with Crippen LogP contribution in [0.1, 0.15) is 0 Å². The third kappa shape index (κ3) is 9.28. The van der Waals surface area contributed by atoms with Crippen molar-refractivity contribution in [3.8, 4) is 0 Å². The van der Waals surface area contributed by atoms with Crippen LogP contribution >= 0.6 is 0 Å². The molecule has 0 aliphatic rings. The monoisotopic (exact) mass is 169 g/mol. The van der Waals surface area contributed by atoms with Crippen molar-refractivity contribution in [2.45, 2.75) is 0 Å². The Morgan fingerprint density at radius 3 is 2.55 bits per heavy atom. The van der Waals surface area contributed by atoms with E-state index < -0.39 is 5.97 Å². The van der Waals surface area contributed by atoms with Crippen LogP contribution in [-0.4, -0.2) is 32.9 Å². The Kier molecular flexibility index (Phi) is 10.9. The lowest BCUT2D eigenvalue weighted by Gasteiger charge is -1.98. The summed E-state index contributed by atoms with van der Waals surface area (Å²) in [5.41, 5.74) is 0. The first kappa shape index (κ1) is 12.9. The summed E-state index contributed by atoms with van der Waals surface area (Å²) in [5, 5.41) is 0. The number of methoxy groups -OCH3 is 1. The van der Waals surface area contributed by atoms with Crippen LogP contribution in [0.15, 0.2) is 0 Å². The maximum Gasteiger partial charge on any atom is 0.374 e. The van der Waals surface area contributed by atoms with Crippen molar-refractivity contribution in [1.29, 1.82) is 0 Å². The number of halogens is 1. The molecule has 0 fully saturated rings. The molecule has 0 heterocycles. The molecule has 0 spiro atoms. The van der Waals surface area contributed by atoms with Gasteiger partial charge in [0.15, 0.2) is 0 Å². The maximum atomic E-state index is 10.9. The van der Waals surface area contributed by atoms with E-state index in [9.17, 15) is 9.32 Å². The van der Waals surface area contributed by atoms with E-state index in [1.165, 1.54) is 7.11 Å². The van der Waals surface area contributed by atoms with Gasteiger partial charge in [-0.2, -0.15) is 0 Å². The smallest absolute Gasteiger partial charge is 0.374 e. The Morgan fingerprint density at radius 2 is 2.09 bits per heavy atom. The lowest BCUT2D eigenvalue weighted by atomic mass is 10.7. The van der Waals surface area contributed by atoms with Crippen LogP contribution in [0.3, 0.4) is 0 Å². The molecule has 3 N–H and O–H groups in total. The topological polar surface area (TPSA) is 79.8 Å². The van der Waals surface area contributed by atoms with Gasteiger partial charge in [-0.25, -0.2) is 4.79 Å². The molecule has 5 nitrogen and oxygen atoms in total. The summed E-state index contributed by atoms with van der Waals surface area (Å²) in [4.78, 5) is 12.8. The van der Waals surface area contributed by atoms with Gasteiger partial charge in [-0.15, -0.1) is 0 Å². The van der Waals surface area contributed by atoms with E-state index in [4.69, 9.17) is 0 Å². The number of ether oxygens (including phenoxy) is 2. The summed E-state index contributed by atoms with van der Waals surface area (Å²) in [6, 6.07) is 0. The van der Waals surface area contributed by atoms with Gasteiger partial charge in [0.25, 0.3) is 0 Å². The van der Waals surface area contributed by atoms with E-state index in [-0.39, 0.29) is 19.4 Å². The standard InChI is InChI=1S/C5H9FO4.H3N/c1-8-2-3-9-4-5(7)10-6;/h2-4H2,1H3;1H3. The van der Waals surface area contributed by atoms with Gasteiger partial charge >= 0.3 is 5.97 Å². The Hall–Kier alpha value is -0.720. The highest BCUT2D eigenvalue weighted by molar-refractivity contribution is 5.69. The van der Waals surface area contributed by atoms with Gasteiger partial charge in [-0.05, 0) is 0 Å². The number of hydrogen-bond donors (Lipinski definition) is 1. The molecule has 0 bridgehead atoms. The summed E-state index contributed by atoms with van der Waals surface area (Å²) < 4.78 is 20.1. The number of carbonyl (C=O) groups is 1. The molecule has 11 heavy (non-hydrogen) atoms. The molecule has 0 aromatic rings. The number of hydrogen-bond acceptors (Lipinski definition) is 5. The summed E-state index contributed by atoms with van der Waals surface area (Å²) in [7, 11) is 1.50. The zero-order chi connectivity index (χ0) is 7.82. The zero-order valence-electron chi connectivity index (χ0n) is 6.34. The van der Waals surface area contributed by atoms with Gasteiger partial charge in [0.1, 0.15) is 6.61 Å². The minimum atomic E-state index is -1.03. The third-order valence-electron chi connectivity index (χ3n) is 0.738. The molecule has 0 saturated carbocycles. The Labute approximate surface area is 63.9 Å². The second kappa shape index (κ2) is 9.28. The summed E-state index contributed by atoms with van der Waals surface area (Å²) in [5.74, 6) is -1.03. The minimum absolute atomic E-state index is 0. The summed E-state index contributed by atoms with van der Waals surface area (Å²) >= 11 is 0. The molecule has 0 rings (SSSR count). The van der Waals surface area contributed by atoms with E-state index in [1.54, 1.807) is 0 Å². The van der Waals surface area contributed by atoms with Gasteiger partial charge in [0.05, 0.1) is 13.2 Å². The average Bonchev–Trinajstić information content (AvgIpc) is 1.98. The van der Waals surface area contributed by atoms with Crippen molar-refractivity contribution in [2.24, 2.45) is 0 Å². The van der Waals surface area contributed by atoms with Gasteiger partial charge in [0.2, 0.25) is 0 Å². The Balaban J connectivity index is 0. The quantitative estimate of drug-likeness (QED) is 0.596. The molecule has 0 aliphatic heterocycles. The fourth-order valence-corrected chi connectivity index (χ4v) is 0.320. The van der Waals surface area contributed by atoms with Crippen molar-refractivity contribution in [3.05, 3.63) is 0 Å². The van der Waals surface area contributed by atoms with Crippen LogP contribution in [0.5, 0.6) is 0 Å². The Bertz CT molecular complexity index is 100. The molecule has 0 amide bonds. The van der Waals surface area contributed by atoms with Crippen LogP contribution in [0.2, 0.25) is 0 Å². The van der Waals surface area contributed by atoms with Crippen LogP contribution in [0.25, 0.3) is 0 Å². The molecule has 0 radical (unpaired) electrons. The lowest BCUT2D eigenvalue weighted by molar-refractivity contribution is -0.189. The van der Waals surface area contributed by atoms with Crippen molar-refractivity contribution < 1.29 is 23.7 Å². The molecule has 0 atom stereocenters. The largest absolute Gasteiger partial charge is 0.382 e. The van der Waals surface area contributed by atoms with Crippen molar-refractivity contribution in [3.63, 3.8) is 0 Å². The van der Waals surface area contributed by atoms with Crippen molar-refractivity contribution in [1.82, 2.24) is 6.15 Å². The van der Waals surface area contributed by atoms with Gasteiger partial charge in [-0.3, -0.25) is 4.94 Å². The predicted molar refractivity (Wildman–Crippen MR) is 34.9 cm³/mol. The van der Waals surface area contributed by atoms with Gasteiger partial charge in [0, 0.05) is 11.6 Å². The normalized spacial score (nSPS) is 8.55. The van der Waals surface area contributed by atoms with Crippen LogP contribution in [0.4, 0.5) is 4.53 Å². The first-order chi connectivity index (χ1) is 4.81. The first-order valence-corrected chi connectivity index (χ1v) is 2.69. The third-order valence-corrected chi connectivity index (χ3v) is 0.738. The fraction of sp³-hybridized carbons (Fsp3) is 0.800. The van der Waals surface area contributed by atoms with Crippen LogP contribution in [-0.2, 0) is 19.2 Å². The van der Waals surface area contributed by atoms with E-state index in [0.29, 0.717) is 6.61 Å². The van der Waals surface area contributed by atoms with Gasteiger partial charge < -0.3 is 15.6 Å². The number of carbonyl (C=O) groups excluding carboxylic acids is 1. The molecular formula is C5H12FNO4. The highest BCUT2D eigenvalue weighted by Gasteiger charge is 2.00. The molecule has 0 aliphatic carbocycles. The van der Waals surface area contributed by atoms with E-state index in [0.717, 1.165) is 0 Å². The van der Waals surface area contributed by atoms with Crippen molar-refractivity contribution >= 4 is 5.97 Å². The van der Waals surface area contributed by atoms with Crippen LogP contribution in [0, 0.1) is 0 Å². The van der Waals surface area contributed by atoms with E-state index in [1.807, 2.05) is 0 Å². The first-order valence-electron chi connectivity index (χ1n) is 2.69. The molecule has 6 heteroatoms. The van der Waals surface area contributed by atoms with E-state index >= 15 is 0 Å². The maximum absolute atomic E-state index is 10.9. The summed E-state index contributed by atoms with van der Waals surface area (Å²) in [6.07, 6.45) is 0. The number of rotatable bonds is 5. The predicted octanol–water partition coefficient (Wildman–Crippen LogP) is 0.239. The molecule has 0 aromatic heterocycles. The Morgan fingerprint density at radius 1 is 1.45 bits per heavy atom. The highest BCUT2D eigenvalue weighted by Crippen LogP contribution is 1.81. The van der Waals surface area contributed by atoms with Gasteiger partial charge in [-0.1, -0.05) is 0 Å². The molecular weight excluding hydrogens is 157 g/mol. The summed E-state index contributed by atoms with van der Waals surface area (Å²) in [6.45, 7) is 0.255. The lowest BCUT2D eigenvalue weighted by Crippen LogP contribution is -2.11. The fourth-order valence-electron chi connectivity index (χ4n) is 0.320. The second-order valence-corrected chi connectivity index (χ2v) is 1.49. The zero-order valence-corrected chi connectivity index (χ0v) is 6.34. The highest BCUT2D eigenvalue weighted by atomic mass is 19.3.